The van der Waals surface area contributed by atoms with E-state index in [2.05, 4.69) is 20.9 Å². The monoisotopic (exact) mass is 500 g/mol. The predicted octanol–water partition coefficient (Wildman–Crippen LogP) is 2.94. The molecule has 8 heteroatoms. The van der Waals surface area contributed by atoms with Gasteiger partial charge in [0, 0.05) is 30.8 Å². The van der Waals surface area contributed by atoms with E-state index in [4.69, 9.17) is 4.74 Å². The molecule has 0 saturated carbocycles. The van der Waals surface area contributed by atoms with E-state index in [-0.39, 0.29) is 42.2 Å². The normalized spacial score (nSPS) is 10.6. The van der Waals surface area contributed by atoms with Crippen LogP contribution in [0.2, 0.25) is 0 Å². The first kappa shape index (κ1) is 23.7. The lowest BCUT2D eigenvalue weighted by Gasteiger charge is -2.12. The first-order chi connectivity index (χ1) is 13.1. The molecule has 0 heterocycles. The molecule has 1 amide bonds. The minimum absolute atomic E-state index is 0. The number of ether oxygens (including phenoxy) is 1. The summed E-state index contributed by atoms with van der Waals surface area (Å²) in [6, 6.07) is 13.5. The molecule has 0 saturated heterocycles. The maximum atomic E-state index is 13.7. The van der Waals surface area contributed by atoms with Gasteiger partial charge in [0.1, 0.15) is 11.6 Å². The van der Waals surface area contributed by atoms with E-state index in [1.54, 1.807) is 49.6 Å². The Bertz CT molecular complexity index is 769. The van der Waals surface area contributed by atoms with Crippen LogP contribution < -0.4 is 20.7 Å². The Morgan fingerprint density at radius 2 is 1.71 bits per heavy atom. The third kappa shape index (κ3) is 7.71. The van der Waals surface area contributed by atoms with Gasteiger partial charge in [0.05, 0.1) is 13.7 Å². The summed E-state index contributed by atoms with van der Waals surface area (Å²) in [6.45, 7) is 3.78. The highest BCUT2D eigenvalue weighted by Crippen LogP contribution is 2.11. The fraction of sp³-hybridized carbons (Fsp3) is 0.300. The van der Waals surface area contributed by atoms with E-state index >= 15 is 0 Å². The molecule has 2 aromatic rings. The summed E-state index contributed by atoms with van der Waals surface area (Å²) >= 11 is 0. The number of carbonyl (C=O) groups excluding carboxylic acids is 1. The van der Waals surface area contributed by atoms with Crippen molar-refractivity contribution in [1.82, 2.24) is 16.0 Å². The first-order valence-corrected chi connectivity index (χ1v) is 8.82. The van der Waals surface area contributed by atoms with Crippen molar-refractivity contribution in [3.05, 3.63) is 65.5 Å². The number of benzene rings is 2. The van der Waals surface area contributed by atoms with Gasteiger partial charge >= 0.3 is 0 Å². The van der Waals surface area contributed by atoms with Crippen molar-refractivity contribution in [2.45, 2.75) is 13.5 Å². The highest BCUT2D eigenvalue weighted by Gasteiger charge is 2.05. The van der Waals surface area contributed by atoms with E-state index in [9.17, 15) is 9.18 Å². The third-order valence-electron chi connectivity index (χ3n) is 3.76. The van der Waals surface area contributed by atoms with E-state index in [0.717, 1.165) is 0 Å². The molecule has 0 spiro atoms. The standard InChI is InChI=1S/C20H25FN4O2.HI/c1-3-22-20(25-14-16-6-4-5-7-18(16)21)24-13-12-23-19(26)15-8-10-17(27-2)11-9-15;/h4-11H,3,12-14H2,1-2H3,(H,23,26)(H2,22,24,25);1H. The van der Waals surface area contributed by atoms with Crippen LogP contribution in [0.1, 0.15) is 22.8 Å². The average molecular weight is 500 g/mol. The van der Waals surface area contributed by atoms with Gasteiger partial charge in [-0.3, -0.25) is 4.79 Å². The van der Waals surface area contributed by atoms with Crippen LogP contribution in [-0.4, -0.2) is 38.6 Å². The lowest BCUT2D eigenvalue weighted by molar-refractivity contribution is 0.0954. The van der Waals surface area contributed by atoms with Crippen LogP contribution in [0, 0.1) is 5.82 Å². The van der Waals surface area contributed by atoms with Gasteiger partial charge in [-0.05, 0) is 37.3 Å². The van der Waals surface area contributed by atoms with Crippen LogP contribution in [0.4, 0.5) is 4.39 Å². The van der Waals surface area contributed by atoms with Gasteiger partial charge in [0.2, 0.25) is 0 Å². The molecule has 0 fully saturated rings. The summed E-state index contributed by atoms with van der Waals surface area (Å²) in [7, 11) is 1.58. The van der Waals surface area contributed by atoms with Crippen molar-refractivity contribution in [1.29, 1.82) is 0 Å². The van der Waals surface area contributed by atoms with Gasteiger partial charge in [-0.2, -0.15) is 0 Å². The van der Waals surface area contributed by atoms with Crippen LogP contribution >= 0.6 is 24.0 Å². The van der Waals surface area contributed by atoms with Crippen molar-refractivity contribution in [2.75, 3.05) is 26.7 Å². The van der Waals surface area contributed by atoms with Crippen molar-refractivity contribution >= 4 is 35.8 Å². The molecule has 0 aliphatic heterocycles. The second kappa shape index (κ2) is 12.9. The Balaban J connectivity index is 0.00000392. The summed E-state index contributed by atoms with van der Waals surface area (Å²) in [5.41, 5.74) is 1.10. The number of carbonyl (C=O) groups is 1. The molecule has 2 rings (SSSR count). The molecule has 0 aliphatic rings. The smallest absolute Gasteiger partial charge is 0.251 e. The number of hydrogen-bond donors (Lipinski definition) is 3. The molecule has 0 radical (unpaired) electrons. The Labute approximate surface area is 182 Å². The number of guanidine groups is 1. The van der Waals surface area contributed by atoms with E-state index in [0.29, 0.717) is 42.5 Å². The van der Waals surface area contributed by atoms with Crippen molar-refractivity contribution in [3.63, 3.8) is 0 Å². The summed E-state index contributed by atoms with van der Waals surface area (Å²) in [4.78, 5) is 16.5. The Morgan fingerprint density at radius 1 is 1.04 bits per heavy atom. The van der Waals surface area contributed by atoms with Gasteiger partial charge in [0.15, 0.2) is 5.96 Å². The van der Waals surface area contributed by atoms with Crippen molar-refractivity contribution in [2.24, 2.45) is 4.99 Å². The zero-order chi connectivity index (χ0) is 19.5. The Hall–Kier alpha value is -2.36. The summed E-state index contributed by atoms with van der Waals surface area (Å²) < 4.78 is 18.7. The van der Waals surface area contributed by atoms with Crippen LogP contribution in [-0.2, 0) is 6.54 Å². The maximum absolute atomic E-state index is 13.7. The molecular formula is C20H26FIN4O2. The van der Waals surface area contributed by atoms with Gasteiger partial charge in [0.25, 0.3) is 5.91 Å². The molecular weight excluding hydrogens is 474 g/mol. The van der Waals surface area contributed by atoms with Gasteiger partial charge in [-0.1, -0.05) is 18.2 Å². The fourth-order valence-electron chi connectivity index (χ4n) is 2.33. The van der Waals surface area contributed by atoms with Crippen LogP contribution in [0.25, 0.3) is 0 Å². The number of amides is 1. The number of nitrogens with one attached hydrogen (secondary N) is 3. The fourth-order valence-corrected chi connectivity index (χ4v) is 2.33. The van der Waals surface area contributed by atoms with E-state index in [1.165, 1.54) is 6.07 Å². The maximum Gasteiger partial charge on any atom is 0.251 e. The molecule has 0 aliphatic carbocycles. The van der Waals surface area contributed by atoms with Gasteiger partial charge in [-0.15, -0.1) is 24.0 Å². The molecule has 0 atom stereocenters. The quantitative estimate of drug-likeness (QED) is 0.226. The van der Waals surface area contributed by atoms with Crippen LogP contribution in [0.15, 0.2) is 53.5 Å². The van der Waals surface area contributed by atoms with Crippen LogP contribution in [0.5, 0.6) is 5.75 Å². The van der Waals surface area contributed by atoms with E-state index < -0.39 is 0 Å². The van der Waals surface area contributed by atoms with Crippen molar-refractivity contribution < 1.29 is 13.9 Å². The summed E-state index contributed by atoms with van der Waals surface area (Å²) in [5.74, 6) is 0.839. The zero-order valence-corrected chi connectivity index (χ0v) is 18.3. The Kier molecular flexibility index (Phi) is 10.9. The second-order valence-electron chi connectivity index (χ2n) is 5.70. The number of methoxy groups -OCH3 is 1. The number of hydrogen-bond acceptors (Lipinski definition) is 3. The highest BCUT2D eigenvalue weighted by atomic mass is 127. The Morgan fingerprint density at radius 3 is 2.36 bits per heavy atom. The lowest BCUT2D eigenvalue weighted by atomic mass is 10.2. The van der Waals surface area contributed by atoms with Gasteiger partial charge in [-0.25, -0.2) is 9.38 Å². The lowest BCUT2D eigenvalue weighted by Crippen LogP contribution is -2.41. The molecule has 0 bridgehead atoms. The molecule has 152 valence electrons. The largest absolute Gasteiger partial charge is 0.497 e. The van der Waals surface area contributed by atoms with Crippen molar-refractivity contribution in [3.8, 4) is 5.75 Å². The SMILES string of the molecule is CCNC(=NCc1ccccc1F)NCCNC(=O)c1ccc(OC)cc1.I. The summed E-state index contributed by atoms with van der Waals surface area (Å²) in [6.07, 6.45) is 0. The zero-order valence-electron chi connectivity index (χ0n) is 16.0. The minimum Gasteiger partial charge on any atom is -0.497 e. The molecule has 28 heavy (non-hydrogen) atoms. The number of nitrogens with zero attached hydrogens (tertiary/aromatic N) is 1. The minimum atomic E-state index is -0.274. The highest BCUT2D eigenvalue weighted by molar-refractivity contribution is 14.0. The molecule has 6 nitrogen and oxygen atoms in total. The molecule has 0 unspecified atom stereocenters. The molecule has 2 aromatic carbocycles. The van der Waals surface area contributed by atoms with E-state index in [1.807, 2.05) is 6.92 Å². The molecule has 3 N–H and O–H groups in total. The average Bonchev–Trinajstić information content (AvgIpc) is 2.70. The third-order valence-corrected chi connectivity index (χ3v) is 3.76. The first-order valence-electron chi connectivity index (χ1n) is 8.82. The van der Waals surface area contributed by atoms with Gasteiger partial charge < -0.3 is 20.7 Å². The number of halogens is 2. The number of aliphatic imine (C=N–C) groups is 1. The molecule has 0 aromatic heterocycles. The summed E-state index contributed by atoms with van der Waals surface area (Å²) in [5, 5.41) is 9.04. The second-order valence-corrected chi connectivity index (χ2v) is 5.70. The van der Waals surface area contributed by atoms with Crippen LogP contribution in [0.3, 0.4) is 0 Å². The topological polar surface area (TPSA) is 74.8 Å². The predicted molar refractivity (Wildman–Crippen MR) is 120 cm³/mol. The number of rotatable bonds is 8.